The van der Waals surface area contributed by atoms with Crippen molar-refractivity contribution in [1.82, 2.24) is 15.2 Å². The number of fused-ring (bicyclic) bond motifs is 1. The summed E-state index contributed by atoms with van der Waals surface area (Å²) in [6.07, 6.45) is 1.82. The molecule has 2 amide bonds. The lowest BCUT2D eigenvalue weighted by Gasteiger charge is -2.19. The first-order valence-corrected chi connectivity index (χ1v) is 8.99. The minimum absolute atomic E-state index is 0.0951. The molecule has 0 unspecified atom stereocenters. The van der Waals surface area contributed by atoms with Gasteiger partial charge in [0.05, 0.1) is 13.7 Å². The van der Waals surface area contributed by atoms with Crippen molar-refractivity contribution >= 4 is 44.6 Å². The van der Waals surface area contributed by atoms with Crippen molar-refractivity contribution in [3.63, 3.8) is 0 Å². The van der Waals surface area contributed by atoms with Crippen LogP contribution in [0.2, 0.25) is 0 Å². The number of carbonyl (C=O) groups excluding carboxylic acids is 3. The number of aromatic nitrogens is 1. The van der Waals surface area contributed by atoms with Gasteiger partial charge in [-0.3, -0.25) is 9.59 Å². The normalized spacial score (nSPS) is 12.0. The molecule has 8 heteroatoms. The lowest BCUT2D eigenvalue weighted by Crippen LogP contribution is -2.48. The van der Waals surface area contributed by atoms with Crippen LogP contribution in [0.3, 0.4) is 0 Å². The Balaban J connectivity index is 1.90. The molecule has 2 rings (SSSR count). The minimum atomic E-state index is -0.741. The standard InChI is InChI=1S/C18H22BrN3O4/c1-11(2)17(18(25)26-3)21-15(23)9-20-16(24)10-22-7-6-12-4-5-13(19)8-14(12)22/h4-8,11,17H,9-10H2,1-3H3,(H,20,24)(H,21,23)/t17-/m0/s1. The third-order valence-corrected chi connectivity index (χ3v) is 4.43. The molecule has 1 atom stereocenters. The summed E-state index contributed by atoms with van der Waals surface area (Å²) < 4.78 is 7.40. The number of benzene rings is 1. The van der Waals surface area contributed by atoms with Gasteiger partial charge in [0.25, 0.3) is 0 Å². The molecule has 0 aliphatic rings. The molecule has 0 aliphatic carbocycles. The number of hydrogen-bond donors (Lipinski definition) is 2. The Morgan fingerprint density at radius 1 is 1.19 bits per heavy atom. The molecular formula is C18H22BrN3O4. The van der Waals surface area contributed by atoms with Crippen molar-refractivity contribution in [2.75, 3.05) is 13.7 Å². The molecule has 140 valence electrons. The first-order valence-electron chi connectivity index (χ1n) is 8.20. The number of hydrogen-bond acceptors (Lipinski definition) is 4. The van der Waals surface area contributed by atoms with E-state index < -0.39 is 17.9 Å². The summed E-state index contributed by atoms with van der Waals surface area (Å²) in [6, 6.07) is 7.00. The monoisotopic (exact) mass is 423 g/mol. The molecule has 1 aromatic carbocycles. The number of amides is 2. The highest BCUT2D eigenvalue weighted by atomic mass is 79.9. The number of esters is 1. The van der Waals surface area contributed by atoms with Crippen LogP contribution in [-0.2, 0) is 25.7 Å². The number of carbonyl (C=O) groups is 3. The topological polar surface area (TPSA) is 89.4 Å². The maximum absolute atomic E-state index is 12.1. The van der Waals surface area contributed by atoms with Gasteiger partial charge in [-0.1, -0.05) is 35.8 Å². The van der Waals surface area contributed by atoms with Gasteiger partial charge in [-0.05, 0) is 29.5 Å². The van der Waals surface area contributed by atoms with E-state index in [4.69, 9.17) is 0 Å². The van der Waals surface area contributed by atoms with Crippen LogP contribution in [0.25, 0.3) is 10.9 Å². The van der Waals surface area contributed by atoms with Crippen molar-refractivity contribution in [3.05, 3.63) is 34.9 Å². The van der Waals surface area contributed by atoms with E-state index >= 15 is 0 Å². The summed E-state index contributed by atoms with van der Waals surface area (Å²) >= 11 is 3.41. The number of nitrogens with zero attached hydrogens (tertiary/aromatic N) is 1. The molecule has 1 aromatic heterocycles. The molecule has 0 radical (unpaired) electrons. The molecule has 0 spiro atoms. The Labute approximate surface area is 160 Å². The highest BCUT2D eigenvalue weighted by Gasteiger charge is 2.24. The number of ether oxygens (including phenoxy) is 1. The molecule has 0 aliphatic heterocycles. The van der Waals surface area contributed by atoms with Crippen LogP contribution in [-0.4, -0.2) is 42.0 Å². The second-order valence-corrected chi connectivity index (χ2v) is 7.15. The van der Waals surface area contributed by atoms with E-state index in [1.165, 1.54) is 7.11 Å². The largest absolute Gasteiger partial charge is 0.467 e. The predicted octanol–water partition coefficient (Wildman–Crippen LogP) is 1.83. The summed E-state index contributed by atoms with van der Waals surface area (Å²) in [5.74, 6) is -1.37. The number of rotatable bonds is 7. The van der Waals surface area contributed by atoms with E-state index in [9.17, 15) is 14.4 Å². The highest BCUT2D eigenvalue weighted by molar-refractivity contribution is 9.10. The smallest absolute Gasteiger partial charge is 0.328 e. The quantitative estimate of drug-likeness (QED) is 0.664. The van der Waals surface area contributed by atoms with Crippen molar-refractivity contribution in [3.8, 4) is 0 Å². The molecule has 0 saturated heterocycles. The van der Waals surface area contributed by atoms with Gasteiger partial charge in [0.15, 0.2) is 0 Å². The molecule has 2 N–H and O–H groups in total. The van der Waals surface area contributed by atoms with E-state index in [1.807, 2.05) is 30.5 Å². The zero-order chi connectivity index (χ0) is 19.3. The van der Waals surface area contributed by atoms with Crippen molar-refractivity contribution < 1.29 is 19.1 Å². The number of halogens is 1. The third-order valence-electron chi connectivity index (χ3n) is 3.93. The Kier molecular flexibility index (Phi) is 6.79. The fraction of sp³-hybridized carbons (Fsp3) is 0.389. The maximum Gasteiger partial charge on any atom is 0.328 e. The average Bonchev–Trinajstić information content (AvgIpc) is 2.99. The van der Waals surface area contributed by atoms with Gasteiger partial charge >= 0.3 is 5.97 Å². The molecule has 0 saturated carbocycles. The molecule has 0 fully saturated rings. The zero-order valence-corrected chi connectivity index (χ0v) is 16.5. The van der Waals surface area contributed by atoms with Crippen LogP contribution < -0.4 is 10.6 Å². The van der Waals surface area contributed by atoms with Gasteiger partial charge in [-0.15, -0.1) is 0 Å². The molecule has 1 heterocycles. The Hall–Kier alpha value is -2.35. The van der Waals surface area contributed by atoms with Crippen LogP contribution in [0, 0.1) is 5.92 Å². The molecule has 26 heavy (non-hydrogen) atoms. The SMILES string of the molecule is COC(=O)[C@@H](NC(=O)CNC(=O)Cn1ccc2ccc(Br)cc21)C(C)C. The first-order chi connectivity index (χ1) is 12.3. The Bertz CT molecular complexity index is 816. The van der Waals surface area contributed by atoms with E-state index in [2.05, 4.69) is 31.3 Å². The van der Waals surface area contributed by atoms with Crippen LogP contribution in [0.1, 0.15) is 13.8 Å². The van der Waals surface area contributed by atoms with Crippen molar-refractivity contribution in [1.29, 1.82) is 0 Å². The van der Waals surface area contributed by atoms with Gasteiger partial charge in [0.1, 0.15) is 12.6 Å². The number of methoxy groups -OCH3 is 1. The molecular weight excluding hydrogens is 402 g/mol. The molecule has 7 nitrogen and oxygen atoms in total. The summed E-state index contributed by atoms with van der Waals surface area (Å²) in [5, 5.41) is 6.17. The van der Waals surface area contributed by atoms with Crippen LogP contribution in [0.5, 0.6) is 0 Å². The van der Waals surface area contributed by atoms with E-state index in [0.717, 1.165) is 15.4 Å². The van der Waals surface area contributed by atoms with Gasteiger partial charge in [-0.25, -0.2) is 4.79 Å². The van der Waals surface area contributed by atoms with Gasteiger partial charge in [0.2, 0.25) is 11.8 Å². The van der Waals surface area contributed by atoms with E-state index in [1.54, 1.807) is 18.4 Å². The first kappa shape index (κ1) is 20.0. The van der Waals surface area contributed by atoms with Gasteiger partial charge < -0.3 is 19.9 Å². The average molecular weight is 424 g/mol. The fourth-order valence-electron chi connectivity index (χ4n) is 2.53. The van der Waals surface area contributed by atoms with E-state index in [0.29, 0.717) is 0 Å². The summed E-state index contributed by atoms with van der Waals surface area (Å²) in [7, 11) is 1.27. The summed E-state index contributed by atoms with van der Waals surface area (Å²) in [4.78, 5) is 35.8. The summed E-state index contributed by atoms with van der Waals surface area (Å²) in [5.41, 5.74) is 0.921. The van der Waals surface area contributed by atoms with E-state index in [-0.39, 0.29) is 24.9 Å². The van der Waals surface area contributed by atoms with Crippen LogP contribution in [0.15, 0.2) is 34.9 Å². The second kappa shape index (κ2) is 8.84. The van der Waals surface area contributed by atoms with Gasteiger partial charge in [-0.2, -0.15) is 0 Å². The lowest BCUT2D eigenvalue weighted by molar-refractivity contribution is -0.146. The third kappa shape index (κ3) is 5.08. The van der Waals surface area contributed by atoms with Crippen molar-refractivity contribution in [2.24, 2.45) is 5.92 Å². The highest BCUT2D eigenvalue weighted by Crippen LogP contribution is 2.20. The summed E-state index contributed by atoms with van der Waals surface area (Å²) in [6.45, 7) is 3.49. The van der Waals surface area contributed by atoms with Gasteiger partial charge in [0, 0.05) is 16.2 Å². The fourth-order valence-corrected chi connectivity index (χ4v) is 2.88. The molecule has 0 bridgehead atoms. The predicted molar refractivity (Wildman–Crippen MR) is 101 cm³/mol. The Morgan fingerprint density at radius 2 is 1.92 bits per heavy atom. The van der Waals surface area contributed by atoms with Crippen molar-refractivity contribution in [2.45, 2.75) is 26.4 Å². The second-order valence-electron chi connectivity index (χ2n) is 6.24. The lowest BCUT2D eigenvalue weighted by atomic mass is 10.0. The minimum Gasteiger partial charge on any atom is -0.467 e. The zero-order valence-electron chi connectivity index (χ0n) is 14.9. The number of nitrogens with one attached hydrogen (secondary N) is 2. The van der Waals surface area contributed by atoms with Crippen LogP contribution in [0.4, 0.5) is 0 Å². The van der Waals surface area contributed by atoms with Crippen LogP contribution >= 0.6 is 15.9 Å². The Morgan fingerprint density at radius 3 is 2.58 bits per heavy atom. The molecule has 2 aromatic rings. The maximum atomic E-state index is 12.1.